The van der Waals surface area contributed by atoms with Gasteiger partial charge in [-0.25, -0.2) is 8.42 Å². The number of nitrogens with one attached hydrogen (secondary N) is 1. The standard InChI is InChI=1S/C21H25ClN2O4S/c1-14(2)12-24-18-10-7-16(11-19(18)28-13-21(3,4)20(24)25)23-29(26,27)17-8-5-15(22)6-9-17/h5-11,14,23H,12-13H2,1-4H3. The molecule has 0 aromatic heterocycles. The van der Waals surface area contributed by atoms with Gasteiger partial charge in [-0.1, -0.05) is 25.4 Å². The molecule has 8 heteroatoms. The van der Waals surface area contributed by atoms with Crippen LogP contribution in [0.5, 0.6) is 5.75 Å². The summed E-state index contributed by atoms with van der Waals surface area (Å²) >= 11 is 5.84. The summed E-state index contributed by atoms with van der Waals surface area (Å²) in [5.41, 5.74) is 0.315. The molecule has 29 heavy (non-hydrogen) atoms. The Morgan fingerprint density at radius 3 is 2.45 bits per heavy atom. The lowest BCUT2D eigenvalue weighted by Crippen LogP contribution is -2.43. The number of hydrogen-bond donors (Lipinski definition) is 1. The van der Waals surface area contributed by atoms with E-state index in [0.717, 1.165) is 0 Å². The molecule has 1 heterocycles. The van der Waals surface area contributed by atoms with E-state index in [-0.39, 0.29) is 23.3 Å². The molecule has 1 aliphatic rings. The summed E-state index contributed by atoms with van der Waals surface area (Å²) in [4.78, 5) is 14.8. The van der Waals surface area contributed by atoms with Crippen LogP contribution in [0, 0.1) is 11.3 Å². The second kappa shape index (κ2) is 7.88. The third kappa shape index (κ3) is 4.67. The first-order valence-corrected chi connectivity index (χ1v) is 11.2. The Hall–Kier alpha value is -2.25. The van der Waals surface area contributed by atoms with Crippen LogP contribution in [-0.2, 0) is 14.8 Å². The van der Waals surface area contributed by atoms with Gasteiger partial charge in [0, 0.05) is 17.6 Å². The summed E-state index contributed by atoms with van der Waals surface area (Å²) in [5.74, 6) is 0.726. The smallest absolute Gasteiger partial charge is 0.261 e. The Labute approximate surface area is 176 Å². The van der Waals surface area contributed by atoms with Gasteiger partial charge in [0.25, 0.3) is 10.0 Å². The molecule has 156 valence electrons. The van der Waals surface area contributed by atoms with Gasteiger partial charge in [0.2, 0.25) is 5.91 Å². The molecule has 2 aromatic carbocycles. The Balaban J connectivity index is 1.95. The number of amides is 1. The Morgan fingerprint density at radius 1 is 1.17 bits per heavy atom. The first-order valence-electron chi connectivity index (χ1n) is 9.37. The molecule has 0 bridgehead atoms. The molecular formula is C21H25ClN2O4S. The number of anilines is 2. The number of rotatable bonds is 5. The molecule has 0 saturated carbocycles. The van der Waals surface area contributed by atoms with Crippen LogP contribution in [0.1, 0.15) is 27.7 Å². The van der Waals surface area contributed by atoms with Crippen LogP contribution in [-0.4, -0.2) is 27.5 Å². The summed E-state index contributed by atoms with van der Waals surface area (Å²) in [6.45, 7) is 8.54. The van der Waals surface area contributed by atoms with Crippen molar-refractivity contribution in [3.63, 3.8) is 0 Å². The van der Waals surface area contributed by atoms with Gasteiger partial charge in [-0.05, 0) is 56.2 Å². The average Bonchev–Trinajstić information content (AvgIpc) is 2.72. The van der Waals surface area contributed by atoms with E-state index < -0.39 is 15.4 Å². The number of carbonyl (C=O) groups excluding carboxylic acids is 1. The van der Waals surface area contributed by atoms with Crippen LogP contribution in [0.25, 0.3) is 0 Å². The minimum atomic E-state index is -3.78. The average molecular weight is 437 g/mol. The normalized spacial score (nSPS) is 16.2. The molecule has 1 aliphatic heterocycles. The van der Waals surface area contributed by atoms with Crippen molar-refractivity contribution >= 4 is 38.9 Å². The zero-order chi connectivity index (χ0) is 21.4. The lowest BCUT2D eigenvalue weighted by molar-refractivity contribution is -0.127. The number of hydrogen-bond acceptors (Lipinski definition) is 4. The molecule has 0 atom stereocenters. The van der Waals surface area contributed by atoms with E-state index in [4.69, 9.17) is 16.3 Å². The second-order valence-electron chi connectivity index (χ2n) is 8.22. The second-order valence-corrected chi connectivity index (χ2v) is 10.3. The number of ether oxygens (including phenoxy) is 1. The van der Waals surface area contributed by atoms with Crippen molar-refractivity contribution in [2.24, 2.45) is 11.3 Å². The summed E-state index contributed by atoms with van der Waals surface area (Å²) in [6, 6.07) is 10.9. The highest BCUT2D eigenvalue weighted by Crippen LogP contribution is 2.39. The zero-order valence-corrected chi connectivity index (χ0v) is 18.5. The largest absolute Gasteiger partial charge is 0.490 e. The van der Waals surface area contributed by atoms with Crippen LogP contribution in [0.15, 0.2) is 47.4 Å². The predicted octanol–water partition coefficient (Wildman–Crippen LogP) is 4.55. The van der Waals surface area contributed by atoms with Gasteiger partial charge in [0.15, 0.2) is 0 Å². The van der Waals surface area contributed by atoms with Crippen LogP contribution in [0.4, 0.5) is 11.4 Å². The van der Waals surface area contributed by atoms with Crippen molar-refractivity contribution in [1.29, 1.82) is 0 Å². The van der Waals surface area contributed by atoms with Crippen molar-refractivity contribution in [2.45, 2.75) is 32.6 Å². The lowest BCUT2D eigenvalue weighted by Gasteiger charge is -2.29. The van der Waals surface area contributed by atoms with E-state index in [2.05, 4.69) is 4.72 Å². The van der Waals surface area contributed by atoms with Gasteiger partial charge in [-0.2, -0.15) is 0 Å². The molecule has 0 aliphatic carbocycles. The monoisotopic (exact) mass is 436 g/mol. The molecule has 0 radical (unpaired) electrons. The molecule has 0 fully saturated rings. The van der Waals surface area contributed by atoms with Gasteiger partial charge in [-0.3, -0.25) is 9.52 Å². The van der Waals surface area contributed by atoms with Gasteiger partial charge >= 0.3 is 0 Å². The van der Waals surface area contributed by atoms with Crippen LogP contribution >= 0.6 is 11.6 Å². The fourth-order valence-corrected chi connectivity index (χ4v) is 4.26. The first kappa shape index (κ1) is 21.5. The highest BCUT2D eigenvalue weighted by Gasteiger charge is 2.38. The van der Waals surface area contributed by atoms with E-state index in [9.17, 15) is 13.2 Å². The molecule has 0 unspecified atom stereocenters. The summed E-state index contributed by atoms with van der Waals surface area (Å²) in [7, 11) is -3.78. The number of sulfonamides is 1. The van der Waals surface area contributed by atoms with E-state index in [1.807, 2.05) is 27.7 Å². The SMILES string of the molecule is CC(C)CN1C(=O)C(C)(C)COc2cc(NS(=O)(=O)c3ccc(Cl)cc3)ccc21. The fourth-order valence-electron chi connectivity index (χ4n) is 3.09. The first-order chi connectivity index (χ1) is 13.5. The highest BCUT2D eigenvalue weighted by atomic mass is 35.5. The molecule has 3 rings (SSSR count). The van der Waals surface area contributed by atoms with Crippen LogP contribution in [0.2, 0.25) is 5.02 Å². The van der Waals surface area contributed by atoms with Crippen molar-refractivity contribution < 1.29 is 17.9 Å². The number of halogens is 1. The number of benzene rings is 2. The topological polar surface area (TPSA) is 75.7 Å². The van der Waals surface area contributed by atoms with Crippen LogP contribution < -0.4 is 14.4 Å². The molecule has 1 N–H and O–H groups in total. The predicted molar refractivity (Wildman–Crippen MR) is 115 cm³/mol. The molecule has 0 spiro atoms. The van der Waals surface area contributed by atoms with Gasteiger partial charge < -0.3 is 9.64 Å². The summed E-state index contributed by atoms with van der Waals surface area (Å²) < 4.78 is 33.8. The molecular weight excluding hydrogens is 412 g/mol. The Kier molecular flexibility index (Phi) is 5.83. The maximum absolute atomic E-state index is 13.0. The maximum Gasteiger partial charge on any atom is 0.261 e. The van der Waals surface area contributed by atoms with Gasteiger partial charge in [-0.15, -0.1) is 0 Å². The van der Waals surface area contributed by atoms with Gasteiger partial charge in [0.1, 0.15) is 12.4 Å². The van der Waals surface area contributed by atoms with Crippen LogP contribution in [0.3, 0.4) is 0 Å². The summed E-state index contributed by atoms with van der Waals surface area (Å²) in [6.07, 6.45) is 0. The third-order valence-electron chi connectivity index (χ3n) is 4.59. The summed E-state index contributed by atoms with van der Waals surface area (Å²) in [5, 5.41) is 0.458. The zero-order valence-electron chi connectivity index (χ0n) is 16.9. The van der Waals surface area contributed by atoms with E-state index in [1.165, 1.54) is 24.3 Å². The molecule has 2 aromatic rings. The van der Waals surface area contributed by atoms with Crippen molar-refractivity contribution in [3.05, 3.63) is 47.5 Å². The van der Waals surface area contributed by atoms with Crippen molar-refractivity contribution in [2.75, 3.05) is 22.8 Å². The number of carbonyl (C=O) groups is 1. The third-order valence-corrected chi connectivity index (χ3v) is 6.24. The van der Waals surface area contributed by atoms with Gasteiger partial charge in [0.05, 0.1) is 21.7 Å². The number of nitrogens with zero attached hydrogens (tertiary/aromatic N) is 1. The van der Waals surface area contributed by atoms with E-state index in [0.29, 0.717) is 28.7 Å². The number of fused-ring (bicyclic) bond motifs is 1. The Morgan fingerprint density at radius 2 is 1.83 bits per heavy atom. The van der Waals surface area contributed by atoms with Crippen molar-refractivity contribution in [3.8, 4) is 5.75 Å². The van der Waals surface area contributed by atoms with Crippen molar-refractivity contribution in [1.82, 2.24) is 0 Å². The Bertz CT molecular complexity index is 1020. The highest BCUT2D eigenvalue weighted by molar-refractivity contribution is 7.92. The molecule has 0 saturated heterocycles. The molecule has 1 amide bonds. The maximum atomic E-state index is 13.0. The van der Waals surface area contributed by atoms with E-state index in [1.54, 1.807) is 23.1 Å². The lowest BCUT2D eigenvalue weighted by atomic mass is 9.92. The fraction of sp³-hybridized carbons (Fsp3) is 0.381. The molecule has 6 nitrogen and oxygen atoms in total. The van der Waals surface area contributed by atoms with E-state index >= 15 is 0 Å². The minimum absolute atomic E-state index is 0.0144. The minimum Gasteiger partial charge on any atom is -0.490 e. The quantitative estimate of drug-likeness (QED) is 0.746.